The summed E-state index contributed by atoms with van der Waals surface area (Å²) in [5.41, 5.74) is 0. The van der Waals surface area contributed by atoms with Gasteiger partial charge in [0.1, 0.15) is 0 Å². The van der Waals surface area contributed by atoms with Crippen molar-refractivity contribution in [3.05, 3.63) is 0 Å². The molecule has 0 radical (unpaired) electrons. The van der Waals surface area contributed by atoms with E-state index in [9.17, 15) is 14.4 Å². The molecule has 6 nitrogen and oxygen atoms in total. The molecule has 6 heteroatoms. The Morgan fingerprint density at radius 3 is 1.65 bits per heavy atom. The first-order valence-electron chi connectivity index (χ1n) is 7.10. The Morgan fingerprint density at radius 2 is 1.20 bits per heavy atom. The third-order valence-corrected chi connectivity index (χ3v) is 3.21. The van der Waals surface area contributed by atoms with Crippen LogP contribution in [0.15, 0.2) is 0 Å². The van der Waals surface area contributed by atoms with Gasteiger partial charge in [-0.1, -0.05) is 38.5 Å². The molecule has 0 aromatic rings. The van der Waals surface area contributed by atoms with Crippen LogP contribution in [0.3, 0.4) is 0 Å². The normalized spacial score (nSPS) is 12.0. The zero-order valence-electron chi connectivity index (χ0n) is 11.7. The highest BCUT2D eigenvalue weighted by molar-refractivity contribution is 5.77. The van der Waals surface area contributed by atoms with E-state index in [0.29, 0.717) is 12.8 Å². The van der Waals surface area contributed by atoms with Crippen molar-refractivity contribution in [1.29, 1.82) is 0 Å². The number of hydrogen-bond donors (Lipinski definition) is 3. The largest absolute Gasteiger partial charge is 0.481 e. The SMILES string of the molecule is O=C(O)CCCCCCCCC[C@@H](CC(=O)O)C(=O)O. The molecule has 0 amide bonds. The summed E-state index contributed by atoms with van der Waals surface area (Å²) in [6.45, 7) is 0. The Balaban J connectivity index is 3.48. The molecule has 116 valence electrons. The number of unbranched alkanes of at least 4 members (excludes halogenated alkanes) is 6. The summed E-state index contributed by atoms with van der Waals surface area (Å²) in [4.78, 5) is 31.6. The predicted octanol–water partition coefficient (Wildman–Crippen LogP) is 2.76. The van der Waals surface area contributed by atoms with Crippen molar-refractivity contribution in [3.8, 4) is 0 Å². The minimum absolute atomic E-state index is 0.218. The van der Waals surface area contributed by atoms with E-state index in [-0.39, 0.29) is 12.8 Å². The molecular weight excluding hydrogens is 264 g/mol. The lowest BCUT2D eigenvalue weighted by atomic mass is 9.97. The van der Waals surface area contributed by atoms with Crippen molar-refractivity contribution in [3.63, 3.8) is 0 Å². The number of aliphatic carboxylic acids is 3. The molecule has 0 aliphatic heterocycles. The second-order valence-electron chi connectivity index (χ2n) is 5.04. The van der Waals surface area contributed by atoms with Gasteiger partial charge in [-0.25, -0.2) is 0 Å². The maximum atomic E-state index is 10.8. The minimum Gasteiger partial charge on any atom is -0.481 e. The predicted molar refractivity (Wildman–Crippen MR) is 72.6 cm³/mol. The number of carbonyl (C=O) groups is 3. The molecule has 0 rings (SSSR count). The van der Waals surface area contributed by atoms with Crippen molar-refractivity contribution in [2.45, 2.75) is 64.2 Å². The van der Waals surface area contributed by atoms with Gasteiger partial charge in [0.15, 0.2) is 0 Å². The van der Waals surface area contributed by atoms with Crippen molar-refractivity contribution >= 4 is 17.9 Å². The van der Waals surface area contributed by atoms with E-state index in [1.54, 1.807) is 0 Å². The van der Waals surface area contributed by atoms with Crippen molar-refractivity contribution < 1.29 is 29.7 Å². The summed E-state index contributed by atoms with van der Waals surface area (Å²) in [5, 5.41) is 25.9. The number of rotatable bonds is 13. The molecule has 0 fully saturated rings. The number of carboxylic acids is 3. The zero-order chi connectivity index (χ0) is 15.4. The van der Waals surface area contributed by atoms with Crippen LogP contribution in [0.5, 0.6) is 0 Å². The van der Waals surface area contributed by atoms with Gasteiger partial charge in [0.25, 0.3) is 0 Å². The summed E-state index contributed by atoms with van der Waals surface area (Å²) in [5.74, 6) is -3.66. The van der Waals surface area contributed by atoms with Gasteiger partial charge in [-0.2, -0.15) is 0 Å². The number of carboxylic acid groups (broad SMARTS) is 3. The Morgan fingerprint density at radius 1 is 0.700 bits per heavy atom. The number of hydrogen-bond acceptors (Lipinski definition) is 3. The Labute approximate surface area is 118 Å². The molecule has 0 aromatic carbocycles. The Bertz CT molecular complexity index is 313. The fourth-order valence-electron chi connectivity index (χ4n) is 2.07. The summed E-state index contributed by atoms with van der Waals surface area (Å²) in [7, 11) is 0. The summed E-state index contributed by atoms with van der Waals surface area (Å²) >= 11 is 0. The summed E-state index contributed by atoms with van der Waals surface area (Å²) < 4.78 is 0. The summed E-state index contributed by atoms with van der Waals surface area (Å²) in [6, 6.07) is 0. The fourth-order valence-corrected chi connectivity index (χ4v) is 2.07. The molecular formula is C14H24O6. The molecule has 1 atom stereocenters. The molecule has 3 N–H and O–H groups in total. The highest BCUT2D eigenvalue weighted by Gasteiger charge is 2.20. The smallest absolute Gasteiger partial charge is 0.307 e. The Kier molecular flexibility index (Phi) is 10.4. The van der Waals surface area contributed by atoms with E-state index in [1.807, 2.05) is 0 Å². The van der Waals surface area contributed by atoms with Gasteiger partial charge in [0, 0.05) is 6.42 Å². The molecule has 20 heavy (non-hydrogen) atoms. The molecule has 0 saturated heterocycles. The van der Waals surface area contributed by atoms with Gasteiger partial charge in [-0.05, 0) is 12.8 Å². The van der Waals surface area contributed by atoms with Crippen LogP contribution in [0, 0.1) is 5.92 Å². The zero-order valence-corrected chi connectivity index (χ0v) is 11.7. The first-order chi connectivity index (χ1) is 9.43. The lowest BCUT2D eigenvalue weighted by molar-refractivity contribution is -0.148. The summed E-state index contributed by atoms with van der Waals surface area (Å²) in [6.07, 6.45) is 6.51. The van der Waals surface area contributed by atoms with Crippen molar-refractivity contribution in [2.24, 2.45) is 5.92 Å². The molecule has 0 saturated carbocycles. The standard InChI is InChI=1S/C14H24O6/c15-12(16)9-7-5-3-1-2-4-6-8-11(14(19)20)10-13(17)18/h11H,1-10H2,(H,15,16)(H,17,18)(H,19,20)/t11-/m0/s1. The average Bonchev–Trinajstić information content (AvgIpc) is 2.34. The van der Waals surface area contributed by atoms with Crippen LogP contribution in [0.1, 0.15) is 64.2 Å². The first kappa shape index (κ1) is 18.4. The lowest BCUT2D eigenvalue weighted by Crippen LogP contribution is -2.17. The van der Waals surface area contributed by atoms with Crippen LogP contribution in [0.2, 0.25) is 0 Å². The molecule has 0 aliphatic rings. The van der Waals surface area contributed by atoms with Gasteiger partial charge in [0.2, 0.25) is 0 Å². The highest BCUT2D eigenvalue weighted by Crippen LogP contribution is 2.16. The van der Waals surface area contributed by atoms with E-state index >= 15 is 0 Å². The van der Waals surface area contributed by atoms with E-state index < -0.39 is 23.8 Å². The molecule has 0 spiro atoms. The maximum absolute atomic E-state index is 10.8. The van der Waals surface area contributed by atoms with Gasteiger partial charge >= 0.3 is 17.9 Å². The second kappa shape index (κ2) is 11.3. The van der Waals surface area contributed by atoms with E-state index in [1.165, 1.54) is 0 Å². The molecule has 0 unspecified atom stereocenters. The average molecular weight is 288 g/mol. The van der Waals surface area contributed by atoms with Crippen molar-refractivity contribution in [1.82, 2.24) is 0 Å². The van der Waals surface area contributed by atoms with Crippen LogP contribution >= 0.6 is 0 Å². The van der Waals surface area contributed by atoms with E-state index in [0.717, 1.165) is 38.5 Å². The van der Waals surface area contributed by atoms with Crippen LogP contribution in [0.25, 0.3) is 0 Å². The van der Waals surface area contributed by atoms with Gasteiger partial charge in [0.05, 0.1) is 12.3 Å². The quantitative estimate of drug-likeness (QED) is 0.449. The topological polar surface area (TPSA) is 112 Å². The van der Waals surface area contributed by atoms with E-state index in [4.69, 9.17) is 15.3 Å². The third-order valence-electron chi connectivity index (χ3n) is 3.21. The van der Waals surface area contributed by atoms with Gasteiger partial charge in [-0.15, -0.1) is 0 Å². The molecule has 0 aromatic heterocycles. The van der Waals surface area contributed by atoms with Gasteiger partial charge < -0.3 is 15.3 Å². The first-order valence-corrected chi connectivity index (χ1v) is 7.10. The monoisotopic (exact) mass is 288 g/mol. The molecule has 0 bridgehead atoms. The second-order valence-corrected chi connectivity index (χ2v) is 5.04. The third kappa shape index (κ3) is 11.5. The lowest BCUT2D eigenvalue weighted by Gasteiger charge is -2.09. The van der Waals surface area contributed by atoms with Crippen LogP contribution in [-0.2, 0) is 14.4 Å². The van der Waals surface area contributed by atoms with Crippen molar-refractivity contribution in [2.75, 3.05) is 0 Å². The minimum atomic E-state index is -1.07. The van der Waals surface area contributed by atoms with Crippen LogP contribution in [0.4, 0.5) is 0 Å². The van der Waals surface area contributed by atoms with Gasteiger partial charge in [-0.3, -0.25) is 14.4 Å². The highest BCUT2D eigenvalue weighted by atomic mass is 16.4. The molecule has 0 aliphatic carbocycles. The fraction of sp³-hybridized carbons (Fsp3) is 0.786. The maximum Gasteiger partial charge on any atom is 0.307 e. The van der Waals surface area contributed by atoms with Crippen LogP contribution in [-0.4, -0.2) is 33.2 Å². The van der Waals surface area contributed by atoms with E-state index in [2.05, 4.69) is 0 Å². The van der Waals surface area contributed by atoms with Crippen LogP contribution < -0.4 is 0 Å². The molecule has 0 heterocycles. The Hall–Kier alpha value is -1.59.